The fourth-order valence-corrected chi connectivity index (χ4v) is 1.98. The van der Waals surface area contributed by atoms with E-state index in [-0.39, 0.29) is 0 Å². The van der Waals surface area contributed by atoms with Crippen LogP contribution in [0.25, 0.3) is 0 Å². The smallest absolute Gasteiger partial charge is 0.133 e. The number of hydrogen-bond acceptors (Lipinski definition) is 2. The standard InChI is InChI=1S/C8H5Cl2NS/c9-7-2-1-3-8(10)6(7)4-12-5-11/h1-3H,4H2. The van der Waals surface area contributed by atoms with Gasteiger partial charge in [0, 0.05) is 21.4 Å². The van der Waals surface area contributed by atoms with Gasteiger partial charge in [0.15, 0.2) is 0 Å². The summed E-state index contributed by atoms with van der Waals surface area (Å²) in [5.74, 6) is 0.537. The zero-order valence-electron chi connectivity index (χ0n) is 6.05. The molecule has 4 heteroatoms. The Morgan fingerprint density at radius 1 is 1.33 bits per heavy atom. The zero-order chi connectivity index (χ0) is 8.97. The molecule has 1 aromatic rings. The number of thioether (sulfide) groups is 1. The van der Waals surface area contributed by atoms with Crippen LogP contribution in [0, 0.1) is 10.7 Å². The number of nitriles is 1. The van der Waals surface area contributed by atoms with Gasteiger partial charge in [-0.1, -0.05) is 29.3 Å². The summed E-state index contributed by atoms with van der Waals surface area (Å²) in [7, 11) is 0. The number of nitrogens with zero attached hydrogens (tertiary/aromatic N) is 1. The topological polar surface area (TPSA) is 23.8 Å². The van der Waals surface area contributed by atoms with E-state index in [0.717, 1.165) is 17.3 Å². The van der Waals surface area contributed by atoms with Crippen LogP contribution in [-0.2, 0) is 5.75 Å². The molecule has 0 fully saturated rings. The second kappa shape index (κ2) is 4.61. The van der Waals surface area contributed by atoms with Crippen molar-refractivity contribution < 1.29 is 0 Å². The Morgan fingerprint density at radius 3 is 2.42 bits per heavy atom. The van der Waals surface area contributed by atoms with Gasteiger partial charge in [0.2, 0.25) is 0 Å². The minimum absolute atomic E-state index is 0.537. The van der Waals surface area contributed by atoms with Gasteiger partial charge in [-0.05, 0) is 23.9 Å². The summed E-state index contributed by atoms with van der Waals surface area (Å²) in [6.45, 7) is 0. The highest BCUT2D eigenvalue weighted by atomic mass is 35.5. The van der Waals surface area contributed by atoms with Crippen LogP contribution in [0.5, 0.6) is 0 Å². The van der Waals surface area contributed by atoms with Crippen molar-refractivity contribution in [3.63, 3.8) is 0 Å². The van der Waals surface area contributed by atoms with Crippen LogP contribution in [0.15, 0.2) is 18.2 Å². The molecule has 0 saturated carbocycles. The fraction of sp³-hybridized carbons (Fsp3) is 0.125. The van der Waals surface area contributed by atoms with Crippen molar-refractivity contribution >= 4 is 35.0 Å². The van der Waals surface area contributed by atoms with Gasteiger partial charge in [-0.3, -0.25) is 0 Å². The van der Waals surface area contributed by atoms with Gasteiger partial charge >= 0.3 is 0 Å². The highest BCUT2D eigenvalue weighted by Crippen LogP contribution is 2.27. The average molecular weight is 218 g/mol. The van der Waals surface area contributed by atoms with E-state index < -0.39 is 0 Å². The molecule has 0 spiro atoms. The summed E-state index contributed by atoms with van der Waals surface area (Å²) in [5, 5.41) is 11.5. The first-order valence-corrected chi connectivity index (χ1v) is 4.93. The highest BCUT2D eigenvalue weighted by molar-refractivity contribution is 8.02. The number of rotatable bonds is 2. The van der Waals surface area contributed by atoms with Crippen LogP contribution in [0.2, 0.25) is 10.0 Å². The van der Waals surface area contributed by atoms with Crippen molar-refractivity contribution in [2.45, 2.75) is 5.75 Å². The van der Waals surface area contributed by atoms with Crippen molar-refractivity contribution in [1.82, 2.24) is 0 Å². The lowest BCUT2D eigenvalue weighted by molar-refractivity contribution is 1.42. The third-order valence-corrected chi connectivity index (χ3v) is 2.61. The first-order valence-electron chi connectivity index (χ1n) is 3.19. The van der Waals surface area contributed by atoms with E-state index >= 15 is 0 Å². The van der Waals surface area contributed by atoms with Crippen LogP contribution in [0.4, 0.5) is 0 Å². The molecule has 0 saturated heterocycles. The number of halogens is 2. The minimum Gasteiger partial charge on any atom is -0.185 e. The molecule has 0 radical (unpaired) electrons. The third-order valence-electron chi connectivity index (χ3n) is 1.34. The molecule has 0 aliphatic carbocycles. The number of benzene rings is 1. The number of thiocyanates is 1. The Kier molecular flexibility index (Phi) is 3.74. The van der Waals surface area contributed by atoms with Crippen molar-refractivity contribution in [2.75, 3.05) is 0 Å². The van der Waals surface area contributed by atoms with E-state index in [9.17, 15) is 0 Å². The predicted octanol–water partition coefficient (Wildman–Crippen LogP) is 3.71. The zero-order valence-corrected chi connectivity index (χ0v) is 8.38. The van der Waals surface area contributed by atoms with Gasteiger partial charge in [0.05, 0.1) is 0 Å². The molecular formula is C8H5Cl2NS. The highest BCUT2D eigenvalue weighted by Gasteiger charge is 2.04. The Hall–Kier alpha value is -0.360. The Labute approximate surface area is 85.3 Å². The van der Waals surface area contributed by atoms with Gasteiger partial charge in [0.1, 0.15) is 5.40 Å². The molecule has 0 amide bonds. The molecule has 0 heterocycles. The molecule has 0 aromatic heterocycles. The predicted molar refractivity (Wildman–Crippen MR) is 53.4 cm³/mol. The summed E-state index contributed by atoms with van der Waals surface area (Å²) < 4.78 is 0. The largest absolute Gasteiger partial charge is 0.185 e. The molecule has 1 rings (SSSR count). The second-order valence-electron chi connectivity index (χ2n) is 2.08. The lowest BCUT2D eigenvalue weighted by atomic mass is 10.2. The van der Waals surface area contributed by atoms with Crippen LogP contribution < -0.4 is 0 Å². The van der Waals surface area contributed by atoms with Crippen LogP contribution in [0.3, 0.4) is 0 Å². The van der Waals surface area contributed by atoms with E-state index in [0.29, 0.717) is 15.8 Å². The van der Waals surface area contributed by atoms with Crippen LogP contribution >= 0.6 is 35.0 Å². The summed E-state index contributed by atoms with van der Waals surface area (Å²) in [6.07, 6.45) is 0. The second-order valence-corrected chi connectivity index (χ2v) is 3.65. The summed E-state index contributed by atoms with van der Waals surface area (Å²) >= 11 is 12.8. The SMILES string of the molecule is N#CSCc1c(Cl)cccc1Cl. The first kappa shape index (κ1) is 9.73. The molecule has 0 unspecified atom stereocenters. The molecule has 0 bridgehead atoms. The summed E-state index contributed by atoms with van der Waals surface area (Å²) in [6, 6.07) is 5.31. The van der Waals surface area contributed by atoms with Crippen molar-refractivity contribution in [3.8, 4) is 5.40 Å². The van der Waals surface area contributed by atoms with Gasteiger partial charge < -0.3 is 0 Å². The maximum atomic E-state index is 8.34. The maximum Gasteiger partial charge on any atom is 0.133 e. The molecular weight excluding hydrogens is 213 g/mol. The molecule has 1 aromatic carbocycles. The van der Waals surface area contributed by atoms with E-state index in [1.807, 2.05) is 5.40 Å². The Balaban J connectivity index is 2.90. The quantitative estimate of drug-likeness (QED) is 0.706. The average Bonchev–Trinajstić information content (AvgIpc) is 2.04. The van der Waals surface area contributed by atoms with Gasteiger partial charge in [-0.25, -0.2) is 0 Å². The fourth-order valence-electron chi connectivity index (χ4n) is 0.775. The van der Waals surface area contributed by atoms with Gasteiger partial charge in [-0.2, -0.15) is 5.26 Å². The van der Waals surface area contributed by atoms with Gasteiger partial charge in [-0.15, -0.1) is 0 Å². The third kappa shape index (κ3) is 2.31. The van der Waals surface area contributed by atoms with E-state index in [2.05, 4.69) is 0 Å². The maximum absolute atomic E-state index is 8.34. The van der Waals surface area contributed by atoms with Crippen LogP contribution in [0.1, 0.15) is 5.56 Å². The summed E-state index contributed by atoms with van der Waals surface area (Å²) in [5.41, 5.74) is 0.826. The minimum atomic E-state index is 0.537. The van der Waals surface area contributed by atoms with Gasteiger partial charge in [0.25, 0.3) is 0 Å². The molecule has 0 aliphatic heterocycles. The molecule has 0 N–H and O–H groups in total. The first-order chi connectivity index (χ1) is 5.75. The van der Waals surface area contributed by atoms with Crippen molar-refractivity contribution in [2.24, 2.45) is 0 Å². The molecule has 1 nitrogen and oxygen atoms in total. The monoisotopic (exact) mass is 217 g/mol. The summed E-state index contributed by atoms with van der Waals surface area (Å²) in [4.78, 5) is 0. The molecule has 62 valence electrons. The lowest BCUT2D eigenvalue weighted by Gasteiger charge is -2.02. The van der Waals surface area contributed by atoms with Crippen molar-refractivity contribution in [1.29, 1.82) is 5.26 Å². The van der Waals surface area contributed by atoms with Crippen LogP contribution in [-0.4, -0.2) is 0 Å². The van der Waals surface area contributed by atoms with E-state index in [1.165, 1.54) is 0 Å². The normalized spacial score (nSPS) is 9.42. The molecule has 0 atom stereocenters. The molecule has 12 heavy (non-hydrogen) atoms. The Bertz CT molecular complexity index is 299. The van der Waals surface area contributed by atoms with E-state index in [4.69, 9.17) is 28.5 Å². The molecule has 0 aliphatic rings. The lowest BCUT2D eigenvalue weighted by Crippen LogP contribution is -1.82. The number of hydrogen-bond donors (Lipinski definition) is 0. The Morgan fingerprint density at radius 2 is 1.92 bits per heavy atom. The van der Waals surface area contributed by atoms with Crippen molar-refractivity contribution in [3.05, 3.63) is 33.8 Å². The van der Waals surface area contributed by atoms with E-state index in [1.54, 1.807) is 18.2 Å².